The molecular weight excluding hydrogens is 350 g/mol. The van der Waals surface area contributed by atoms with Gasteiger partial charge in [-0.1, -0.05) is 34.1 Å². The summed E-state index contributed by atoms with van der Waals surface area (Å²) < 4.78 is 6.56. The smallest absolute Gasteiger partial charge is 0.185 e. The second-order valence-electron chi connectivity index (χ2n) is 12.0. The van der Waals surface area contributed by atoms with Gasteiger partial charge in [0.05, 0.1) is 12.7 Å². The fraction of sp³-hybridized carbons (Fsp3) is 0.957. The van der Waals surface area contributed by atoms with Gasteiger partial charge in [-0.2, -0.15) is 5.26 Å². The van der Waals surface area contributed by atoms with E-state index in [1.807, 2.05) is 0 Å². The van der Waals surface area contributed by atoms with Crippen LogP contribution in [0, 0.1) is 45.3 Å². The molecule has 3 fully saturated rings. The maximum absolute atomic E-state index is 10.5. The van der Waals surface area contributed by atoms with Crippen LogP contribution in [0.25, 0.3) is 0 Å². The van der Waals surface area contributed by atoms with Gasteiger partial charge in [-0.3, -0.25) is 0 Å². The molecule has 0 aromatic rings. The SMILES string of the molecule is CC1(C)CCC[C@]2(C)[C@H]3CC[C@@](C#N)(O[Si](C)(C)C)[C@@H](CO)[C@]3(C)CC[C@@H]12. The molecule has 0 amide bonds. The topological polar surface area (TPSA) is 53.2 Å². The lowest BCUT2D eigenvalue weighted by atomic mass is 9.38. The molecule has 0 spiro atoms. The van der Waals surface area contributed by atoms with Crippen molar-refractivity contribution in [2.45, 2.75) is 97.9 Å². The van der Waals surface area contributed by atoms with E-state index in [1.165, 1.54) is 25.7 Å². The van der Waals surface area contributed by atoms with Crippen molar-refractivity contribution in [2.24, 2.45) is 34.0 Å². The first-order chi connectivity index (χ1) is 12.3. The van der Waals surface area contributed by atoms with Crippen LogP contribution in [0.1, 0.15) is 72.6 Å². The molecule has 0 saturated heterocycles. The molecule has 0 aromatic carbocycles. The van der Waals surface area contributed by atoms with Crippen molar-refractivity contribution in [1.82, 2.24) is 0 Å². The van der Waals surface area contributed by atoms with Crippen molar-refractivity contribution in [3.05, 3.63) is 0 Å². The van der Waals surface area contributed by atoms with Gasteiger partial charge in [0.25, 0.3) is 0 Å². The lowest BCUT2D eigenvalue weighted by Gasteiger charge is -2.67. The highest BCUT2D eigenvalue weighted by Gasteiger charge is 2.65. The molecule has 0 unspecified atom stereocenters. The number of fused-ring (bicyclic) bond motifs is 3. The first kappa shape index (κ1) is 21.3. The van der Waals surface area contributed by atoms with Gasteiger partial charge in [-0.05, 0) is 86.2 Å². The summed E-state index contributed by atoms with van der Waals surface area (Å²) in [4.78, 5) is 0. The number of rotatable bonds is 3. The average molecular weight is 392 g/mol. The molecule has 0 heterocycles. The van der Waals surface area contributed by atoms with E-state index in [4.69, 9.17) is 4.43 Å². The van der Waals surface area contributed by atoms with Crippen molar-refractivity contribution >= 4 is 8.32 Å². The van der Waals surface area contributed by atoms with Crippen LogP contribution in [0.2, 0.25) is 19.6 Å². The van der Waals surface area contributed by atoms with E-state index in [0.29, 0.717) is 16.7 Å². The van der Waals surface area contributed by atoms with E-state index < -0.39 is 13.9 Å². The van der Waals surface area contributed by atoms with Crippen molar-refractivity contribution in [3.63, 3.8) is 0 Å². The third-order valence-electron chi connectivity index (χ3n) is 8.86. The summed E-state index contributed by atoms with van der Waals surface area (Å²) in [5.74, 6) is 1.25. The predicted octanol–water partition coefficient (Wildman–Crippen LogP) is 5.75. The van der Waals surface area contributed by atoms with E-state index >= 15 is 0 Å². The summed E-state index contributed by atoms with van der Waals surface area (Å²) in [5.41, 5.74) is -0.0938. The monoisotopic (exact) mass is 391 g/mol. The molecule has 0 bridgehead atoms. The standard InChI is InChI=1S/C23H41NO2Si/c1-20(2)11-8-12-21(3)17(20)9-13-22(4)18(21)10-14-23(16-24,19(22)15-25)26-27(5,6)7/h17-19,25H,8-15H2,1-7H3/t17-,18+,19-,21-,22+,23-/m0/s1. The van der Waals surface area contributed by atoms with Gasteiger partial charge < -0.3 is 9.53 Å². The van der Waals surface area contributed by atoms with Gasteiger partial charge in [0, 0.05) is 5.92 Å². The zero-order valence-corrected chi connectivity index (χ0v) is 19.7. The zero-order chi connectivity index (χ0) is 20.3. The maximum atomic E-state index is 10.5. The predicted molar refractivity (Wildman–Crippen MR) is 113 cm³/mol. The second-order valence-corrected chi connectivity index (χ2v) is 16.4. The normalized spacial score (nSPS) is 46.9. The summed E-state index contributed by atoms with van der Waals surface area (Å²) in [6, 6.07) is 2.59. The molecule has 3 aliphatic carbocycles. The Bertz CT molecular complexity index is 621. The van der Waals surface area contributed by atoms with E-state index in [9.17, 15) is 10.4 Å². The Kier molecular flexibility index (Phi) is 5.19. The van der Waals surface area contributed by atoms with Crippen LogP contribution >= 0.6 is 0 Å². The lowest BCUT2D eigenvalue weighted by Crippen LogP contribution is -2.65. The van der Waals surface area contributed by atoms with Gasteiger partial charge in [-0.15, -0.1) is 0 Å². The molecular formula is C23H41NO2Si. The van der Waals surface area contributed by atoms with Crippen LogP contribution in [0.15, 0.2) is 0 Å². The third kappa shape index (κ3) is 3.22. The molecule has 1 N–H and O–H groups in total. The molecule has 4 heteroatoms. The molecule has 6 atom stereocenters. The number of nitrogens with zero attached hydrogens (tertiary/aromatic N) is 1. The fourth-order valence-corrected chi connectivity index (χ4v) is 9.39. The Morgan fingerprint density at radius 1 is 0.963 bits per heavy atom. The Balaban J connectivity index is 2.02. The molecule has 3 rings (SSSR count). The molecule has 0 radical (unpaired) electrons. The molecule has 27 heavy (non-hydrogen) atoms. The first-order valence-electron chi connectivity index (χ1n) is 11.1. The van der Waals surface area contributed by atoms with Crippen molar-refractivity contribution in [1.29, 1.82) is 5.26 Å². The fourth-order valence-electron chi connectivity index (χ4n) is 8.01. The summed E-state index contributed by atoms with van der Waals surface area (Å²) >= 11 is 0. The quantitative estimate of drug-likeness (QED) is 0.623. The third-order valence-corrected chi connectivity index (χ3v) is 9.84. The van der Waals surface area contributed by atoms with E-state index in [1.54, 1.807) is 0 Å². The highest BCUT2D eigenvalue weighted by atomic mass is 28.4. The van der Waals surface area contributed by atoms with Crippen LogP contribution in [0.4, 0.5) is 0 Å². The molecule has 154 valence electrons. The van der Waals surface area contributed by atoms with Crippen LogP contribution in [0.3, 0.4) is 0 Å². The Morgan fingerprint density at radius 2 is 1.59 bits per heavy atom. The van der Waals surface area contributed by atoms with E-state index in [0.717, 1.165) is 25.2 Å². The highest BCUT2D eigenvalue weighted by molar-refractivity contribution is 6.69. The molecule has 0 aliphatic heterocycles. The number of aliphatic hydroxyl groups excluding tert-OH is 1. The number of nitriles is 1. The van der Waals surface area contributed by atoms with Gasteiger partial charge in [0.15, 0.2) is 8.32 Å². The van der Waals surface area contributed by atoms with Gasteiger partial charge >= 0.3 is 0 Å². The summed E-state index contributed by atoms with van der Waals surface area (Å²) in [7, 11) is -1.90. The lowest BCUT2D eigenvalue weighted by molar-refractivity contribution is -0.203. The number of aliphatic hydroxyl groups is 1. The summed E-state index contributed by atoms with van der Waals surface area (Å²) in [5, 5.41) is 20.8. The minimum absolute atomic E-state index is 0.0128. The Morgan fingerprint density at radius 3 is 2.15 bits per heavy atom. The number of hydrogen-bond donors (Lipinski definition) is 1. The minimum Gasteiger partial charge on any atom is -0.400 e. The number of hydrogen-bond acceptors (Lipinski definition) is 3. The van der Waals surface area contributed by atoms with Crippen molar-refractivity contribution in [3.8, 4) is 6.07 Å². The summed E-state index contributed by atoms with van der Waals surface area (Å²) in [6.07, 6.45) is 8.13. The Hall–Kier alpha value is -0.373. The van der Waals surface area contributed by atoms with Crippen LogP contribution in [-0.4, -0.2) is 25.6 Å². The second kappa shape index (κ2) is 6.57. The van der Waals surface area contributed by atoms with Gasteiger partial charge in [0.2, 0.25) is 0 Å². The van der Waals surface area contributed by atoms with Gasteiger partial charge in [-0.25, -0.2) is 0 Å². The van der Waals surface area contributed by atoms with E-state index in [2.05, 4.69) is 53.4 Å². The van der Waals surface area contributed by atoms with Crippen LogP contribution in [-0.2, 0) is 4.43 Å². The molecule has 3 aliphatic rings. The highest BCUT2D eigenvalue weighted by Crippen LogP contribution is 2.69. The zero-order valence-electron chi connectivity index (χ0n) is 18.7. The maximum Gasteiger partial charge on any atom is 0.185 e. The van der Waals surface area contributed by atoms with E-state index in [-0.39, 0.29) is 17.9 Å². The molecule has 3 saturated carbocycles. The summed E-state index contributed by atoms with van der Waals surface area (Å²) in [6.45, 7) is 16.4. The first-order valence-corrected chi connectivity index (χ1v) is 14.5. The molecule has 0 aromatic heterocycles. The van der Waals surface area contributed by atoms with Gasteiger partial charge in [0.1, 0.15) is 5.60 Å². The van der Waals surface area contributed by atoms with Crippen LogP contribution in [0.5, 0.6) is 0 Å². The Labute approximate surface area is 168 Å². The van der Waals surface area contributed by atoms with Crippen LogP contribution < -0.4 is 0 Å². The minimum atomic E-state index is -1.90. The average Bonchev–Trinajstić information content (AvgIpc) is 2.51. The van der Waals surface area contributed by atoms with Crippen molar-refractivity contribution < 1.29 is 9.53 Å². The molecule has 3 nitrogen and oxygen atoms in total. The largest absolute Gasteiger partial charge is 0.400 e. The van der Waals surface area contributed by atoms with Crippen molar-refractivity contribution in [2.75, 3.05) is 6.61 Å².